The van der Waals surface area contributed by atoms with Crippen molar-refractivity contribution in [2.24, 2.45) is 5.10 Å². The first-order valence-electron chi connectivity index (χ1n) is 10.4. The number of carbonyl (C=O) groups excluding carboxylic acids is 3. The van der Waals surface area contributed by atoms with Gasteiger partial charge in [-0.25, -0.2) is 10.2 Å². The number of hydrazone groups is 1. The molecule has 180 valence electrons. The molecule has 0 bridgehead atoms. The molecule has 36 heavy (non-hydrogen) atoms. The number of benzene rings is 4. The van der Waals surface area contributed by atoms with E-state index in [2.05, 4.69) is 15.8 Å². The minimum absolute atomic E-state index is 0.127. The predicted molar refractivity (Wildman–Crippen MR) is 141 cm³/mol. The number of amides is 2. The molecular weight excluding hydrogens is 525 g/mol. The number of nitrogens with one attached hydrogen (secondary N) is 2. The summed E-state index contributed by atoms with van der Waals surface area (Å²) >= 11 is 18.0. The molecule has 0 spiro atoms. The highest BCUT2D eigenvalue weighted by atomic mass is 35.5. The molecule has 2 amide bonds. The summed E-state index contributed by atoms with van der Waals surface area (Å²) in [6.07, 6.45) is 1.29. The minimum Gasteiger partial charge on any atom is -0.422 e. The van der Waals surface area contributed by atoms with Crippen LogP contribution in [0.3, 0.4) is 0 Å². The third-order valence-electron chi connectivity index (χ3n) is 4.97. The SMILES string of the molecule is O=C(N/N=C/c1c(OC(=O)c2ccc(Cl)cc2Cl)ccc2ccccc12)C(=O)Nc1ccccc1Cl. The Labute approximate surface area is 220 Å². The Bertz CT molecular complexity index is 1520. The van der Waals surface area contributed by atoms with Gasteiger partial charge < -0.3 is 10.1 Å². The summed E-state index contributed by atoms with van der Waals surface area (Å²) in [6.45, 7) is 0. The number of esters is 1. The monoisotopic (exact) mass is 539 g/mol. The second-order valence-electron chi connectivity index (χ2n) is 7.35. The van der Waals surface area contributed by atoms with Gasteiger partial charge in [-0.2, -0.15) is 5.10 Å². The molecule has 4 aromatic carbocycles. The number of fused-ring (bicyclic) bond motifs is 1. The lowest BCUT2D eigenvalue weighted by Crippen LogP contribution is -2.32. The van der Waals surface area contributed by atoms with Gasteiger partial charge in [0.25, 0.3) is 0 Å². The van der Waals surface area contributed by atoms with Crippen molar-refractivity contribution >= 4 is 75.3 Å². The molecule has 0 aliphatic heterocycles. The van der Waals surface area contributed by atoms with Crippen LogP contribution in [0.5, 0.6) is 5.75 Å². The summed E-state index contributed by atoms with van der Waals surface area (Å²) in [5.74, 6) is -2.51. The van der Waals surface area contributed by atoms with Crippen LogP contribution in [0, 0.1) is 0 Å². The summed E-state index contributed by atoms with van der Waals surface area (Å²) in [4.78, 5) is 37.2. The number of hydrogen-bond acceptors (Lipinski definition) is 5. The predicted octanol–water partition coefficient (Wildman–Crippen LogP) is 6.11. The zero-order valence-electron chi connectivity index (χ0n) is 18.3. The Morgan fingerprint density at radius 3 is 2.33 bits per heavy atom. The van der Waals surface area contributed by atoms with Crippen molar-refractivity contribution in [2.75, 3.05) is 5.32 Å². The van der Waals surface area contributed by atoms with E-state index in [0.717, 1.165) is 5.39 Å². The van der Waals surface area contributed by atoms with Crippen LogP contribution in [0.1, 0.15) is 15.9 Å². The molecule has 0 aromatic heterocycles. The molecule has 0 atom stereocenters. The van der Waals surface area contributed by atoms with E-state index in [1.165, 1.54) is 24.4 Å². The third-order valence-corrected chi connectivity index (χ3v) is 5.85. The Balaban J connectivity index is 1.56. The van der Waals surface area contributed by atoms with Gasteiger partial charge in [0.1, 0.15) is 5.75 Å². The lowest BCUT2D eigenvalue weighted by molar-refractivity contribution is -0.136. The number of anilines is 1. The fourth-order valence-electron chi connectivity index (χ4n) is 3.26. The van der Waals surface area contributed by atoms with Gasteiger partial charge in [-0.05, 0) is 47.2 Å². The molecule has 0 aliphatic rings. The Morgan fingerprint density at radius 1 is 0.806 bits per heavy atom. The normalized spacial score (nSPS) is 10.9. The quantitative estimate of drug-likeness (QED) is 0.105. The summed E-state index contributed by atoms with van der Waals surface area (Å²) < 4.78 is 5.59. The Morgan fingerprint density at radius 2 is 1.56 bits per heavy atom. The van der Waals surface area contributed by atoms with Crippen molar-refractivity contribution in [1.82, 2.24) is 5.43 Å². The number of para-hydroxylation sites is 1. The highest BCUT2D eigenvalue weighted by molar-refractivity contribution is 6.41. The lowest BCUT2D eigenvalue weighted by atomic mass is 10.0. The molecule has 0 unspecified atom stereocenters. The Kier molecular flexibility index (Phi) is 7.85. The zero-order chi connectivity index (χ0) is 25.7. The van der Waals surface area contributed by atoms with Crippen LogP contribution < -0.4 is 15.5 Å². The third kappa shape index (κ3) is 5.83. The summed E-state index contributed by atoms with van der Waals surface area (Å²) in [5.41, 5.74) is 2.97. The number of nitrogens with zero attached hydrogens (tertiary/aromatic N) is 1. The van der Waals surface area contributed by atoms with Crippen molar-refractivity contribution in [2.45, 2.75) is 0 Å². The molecule has 0 fully saturated rings. The van der Waals surface area contributed by atoms with Crippen molar-refractivity contribution < 1.29 is 19.1 Å². The van der Waals surface area contributed by atoms with Gasteiger partial charge in [0.15, 0.2) is 0 Å². The number of rotatable bonds is 5. The van der Waals surface area contributed by atoms with E-state index in [1.807, 2.05) is 12.1 Å². The van der Waals surface area contributed by atoms with E-state index in [1.54, 1.807) is 48.5 Å². The van der Waals surface area contributed by atoms with Crippen LogP contribution in [-0.2, 0) is 9.59 Å². The molecule has 7 nitrogen and oxygen atoms in total. The molecule has 0 saturated carbocycles. The number of carbonyl (C=O) groups is 3. The van der Waals surface area contributed by atoms with Crippen LogP contribution in [-0.4, -0.2) is 24.0 Å². The summed E-state index contributed by atoms with van der Waals surface area (Å²) in [7, 11) is 0. The first-order chi connectivity index (χ1) is 17.3. The van der Waals surface area contributed by atoms with Gasteiger partial charge in [-0.3, -0.25) is 9.59 Å². The first-order valence-corrected chi connectivity index (χ1v) is 11.5. The van der Waals surface area contributed by atoms with Gasteiger partial charge in [-0.15, -0.1) is 0 Å². The van der Waals surface area contributed by atoms with E-state index in [4.69, 9.17) is 39.5 Å². The van der Waals surface area contributed by atoms with Crippen molar-refractivity contribution in [3.63, 3.8) is 0 Å². The van der Waals surface area contributed by atoms with E-state index in [0.29, 0.717) is 16.0 Å². The first kappa shape index (κ1) is 25.2. The number of hydrogen-bond donors (Lipinski definition) is 2. The van der Waals surface area contributed by atoms with Crippen molar-refractivity contribution in [3.8, 4) is 5.75 Å². The van der Waals surface area contributed by atoms with E-state index in [9.17, 15) is 14.4 Å². The summed E-state index contributed by atoms with van der Waals surface area (Å²) in [6, 6.07) is 21.6. The van der Waals surface area contributed by atoms with E-state index < -0.39 is 17.8 Å². The molecule has 4 rings (SSSR count). The van der Waals surface area contributed by atoms with E-state index >= 15 is 0 Å². The van der Waals surface area contributed by atoms with Crippen LogP contribution in [0.15, 0.2) is 84.0 Å². The largest absolute Gasteiger partial charge is 0.422 e. The Hall–Kier alpha value is -3.91. The molecule has 4 aromatic rings. The highest BCUT2D eigenvalue weighted by Gasteiger charge is 2.17. The molecule has 0 aliphatic carbocycles. The standard InChI is InChI=1S/C26H16Cl3N3O4/c27-16-10-11-18(21(29)13-16)26(35)36-23-12-9-15-5-1-2-6-17(15)19(23)14-30-32-25(34)24(33)31-22-8-4-3-7-20(22)28/h1-14H,(H,31,33)(H,32,34)/b30-14+. The molecule has 0 saturated heterocycles. The molecular formula is C26H16Cl3N3O4. The maximum absolute atomic E-state index is 12.8. The molecule has 10 heteroatoms. The van der Waals surface area contributed by atoms with Gasteiger partial charge in [-0.1, -0.05) is 77.3 Å². The van der Waals surface area contributed by atoms with Gasteiger partial charge in [0, 0.05) is 10.6 Å². The maximum Gasteiger partial charge on any atom is 0.345 e. The lowest BCUT2D eigenvalue weighted by Gasteiger charge is -2.11. The fourth-order valence-corrected chi connectivity index (χ4v) is 3.92. The van der Waals surface area contributed by atoms with Gasteiger partial charge in [0.05, 0.1) is 27.5 Å². The second kappa shape index (κ2) is 11.2. The average molecular weight is 541 g/mol. The molecule has 0 radical (unpaired) electrons. The zero-order valence-corrected chi connectivity index (χ0v) is 20.6. The van der Waals surface area contributed by atoms with Gasteiger partial charge >= 0.3 is 17.8 Å². The fraction of sp³-hybridized carbons (Fsp3) is 0. The molecule has 0 heterocycles. The van der Waals surface area contributed by atoms with Crippen LogP contribution in [0.2, 0.25) is 15.1 Å². The van der Waals surface area contributed by atoms with E-state index in [-0.39, 0.29) is 27.0 Å². The minimum atomic E-state index is -1.02. The second-order valence-corrected chi connectivity index (χ2v) is 8.60. The van der Waals surface area contributed by atoms with Crippen molar-refractivity contribution in [1.29, 1.82) is 0 Å². The molecule has 2 N–H and O–H groups in total. The maximum atomic E-state index is 12.8. The number of halogens is 3. The highest BCUT2D eigenvalue weighted by Crippen LogP contribution is 2.29. The topological polar surface area (TPSA) is 96.9 Å². The van der Waals surface area contributed by atoms with Crippen LogP contribution in [0.25, 0.3) is 10.8 Å². The smallest absolute Gasteiger partial charge is 0.345 e. The summed E-state index contributed by atoms with van der Waals surface area (Å²) in [5, 5.41) is 8.64. The van der Waals surface area contributed by atoms with Gasteiger partial charge in [0.2, 0.25) is 0 Å². The van der Waals surface area contributed by atoms with Crippen molar-refractivity contribution in [3.05, 3.63) is 105 Å². The van der Waals surface area contributed by atoms with Crippen LogP contribution in [0.4, 0.5) is 5.69 Å². The average Bonchev–Trinajstić information content (AvgIpc) is 2.86. The number of ether oxygens (including phenoxy) is 1. The van der Waals surface area contributed by atoms with Crippen LogP contribution >= 0.6 is 34.8 Å².